The zero-order valence-corrected chi connectivity index (χ0v) is 18.0. The summed E-state index contributed by atoms with van der Waals surface area (Å²) >= 11 is 0.866. The second-order valence-corrected chi connectivity index (χ2v) is 8.24. The third kappa shape index (κ3) is 5.35. The number of amides is 3. The summed E-state index contributed by atoms with van der Waals surface area (Å²) in [6, 6.07) is 12.6. The number of hydrogen-bond donors (Lipinski definition) is 0. The molecule has 0 spiro atoms. The molecule has 2 heterocycles. The number of thioether (sulfide) groups is 1. The van der Waals surface area contributed by atoms with Crippen molar-refractivity contribution in [1.29, 1.82) is 0 Å². The van der Waals surface area contributed by atoms with Crippen molar-refractivity contribution in [3.8, 4) is 5.75 Å². The molecule has 0 radical (unpaired) electrons. The minimum absolute atomic E-state index is 0.0539. The molecule has 2 aromatic carbocycles. The van der Waals surface area contributed by atoms with Gasteiger partial charge in [-0.3, -0.25) is 19.3 Å². The monoisotopic (exact) mass is 456 g/mol. The van der Waals surface area contributed by atoms with Gasteiger partial charge in [-0.2, -0.15) is 0 Å². The Hall–Kier alpha value is -3.17. The lowest BCUT2D eigenvalue weighted by Gasteiger charge is -2.26. The normalized spacial score (nSPS) is 17.8. The van der Waals surface area contributed by atoms with Gasteiger partial charge in [-0.15, -0.1) is 0 Å². The fraction of sp³-hybridized carbons (Fsp3) is 0.261. The van der Waals surface area contributed by atoms with Crippen LogP contribution in [0.4, 0.5) is 9.18 Å². The fourth-order valence-electron chi connectivity index (χ4n) is 3.27. The van der Waals surface area contributed by atoms with Crippen molar-refractivity contribution < 1.29 is 28.2 Å². The molecule has 0 saturated carbocycles. The largest absolute Gasteiger partial charge is 0.484 e. The molecule has 2 aromatic rings. The molecule has 32 heavy (non-hydrogen) atoms. The van der Waals surface area contributed by atoms with Crippen molar-refractivity contribution in [3.63, 3.8) is 0 Å². The van der Waals surface area contributed by atoms with Crippen LogP contribution in [0, 0.1) is 5.82 Å². The Labute approximate surface area is 188 Å². The van der Waals surface area contributed by atoms with E-state index in [-0.39, 0.29) is 36.0 Å². The smallest absolute Gasteiger partial charge is 0.293 e. The molecule has 0 atom stereocenters. The molecular formula is C23H21FN2O5S. The van der Waals surface area contributed by atoms with Gasteiger partial charge in [0, 0.05) is 13.1 Å². The molecular weight excluding hydrogens is 435 g/mol. The summed E-state index contributed by atoms with van der Waals surface area (Å²) in [7, 11) is 0. The van der Waals surface area contributed by atoms with Gasteiger partial charge >= 0.3 is 0 Å². The van der Waals surface area contributed by atoms with Gasteiger partial charge in [0.05, 0.1) is 24.7 Å². The number of imide groups is 1. The average molecular weight is 456 g/mol. The molecule has 0 unspecified atom stereocenters. The molecule has 0 bridgehead atoms. The molecule has 7 nitrogen and oxygen atoms in total. The number of carbonyl (C=O) groups is 3. The van der Waals surface area contributed by atoms with E-state index in [2.05, 4.69) is 0 Å². The van der Waals surface area contributed by atoms with E-state index in [4.69, 9.17) is 9.47 Å². The van der Waals surface area contributed by atoms with Crippen molar-refractivity contribution in [2.24, 2.45) is 0 Å². The van der Waals surface area contributed by atoms with Crippen molar-refractivity contribution in [2.75, 3.05) is 32.9 Å². The Bertz CT molecular complexity index is 1030. The third-order valence-electron chi connectivity index (χ3n) is 5.03. The van der Waals surface area contributed by atoms with Crippen molar-refractivity contribution in [1.82, 2.24) is 9.80 Å². The van der Waals surface area contributed by atoms with Crippen LogP contribution < -0.4 is 4.74 Å². The summed E-state index contributed by atoms with van der Waals surface area (Å²) in [5.41, 5.74) is 1.40. The van der Waals surface area contributed by atoms with Gasteiger partial charge in [0.25, 0.3) is 17.1 Å². The first-order chi connectivity index (χ1) is 15.5. The minimum atomic E-state index is -0.388. The zero-order chi connectivity index (χ0) is 22.5. The molecule has 2 aliphatic rings. The SMILES string of the molecule is O=C(COc1ccc(/C=C2\SC(=O)N(Cc3ccc(F)cc3)C2=O)cc1)N1CCOCC1. The van der Waals surface area contributed by atoms with Gasteiger partial charge in [0.15, 0.2) is 6.61 Å². The second-order valence-electron chi connectivity index (χ2n) is 7.25. The van der Waals surface area contributed by atoms with Crippen molar-refractivity contribution in [3.05, 3.63) is 70.4 Å². The van der Waals surface area contributed by atoms with Gasteiger partial charge in [-0.05, 0) is 53.2 Å². The first-order valence-corrected chi connectivity index (χ1v) is 10.9. The molecule has 2 saturated heterocycles. The van der Waals surface area contributed by atoms with E-state index < -0.39 is 0 Å². The lowest BCUT2D eigenvalue weighted by molar-refractivity contribution is -0.137. The zero-order valence-electron chi connectivity index (χ0n) is 17.2. The molecule has 0 aliphatic carbocycles. The molecule has 0 N–H and O–H groups in total. The number of nitrogens with zero attached hydrogens (tertiary/aromatic N) is 2. The predicted octanol–water partition coefficient (Wildman–Crippen LogP) is 3.30. The van der Waals surface area contributed by atoms with Crippen LogP contribution in [-0.4, -0.2) is 59.8 Å². The van der Waals surface area contributed by atoms with Gasteiger partial charge in [0.2, 0.25) is 0 Å². The van der Waals surface area contributed by atoms with Crippen LogP contribution in [-0.2, 0) is 20.9 Å². The second kappa shape index (κ2) is 9.97. The van der Waals surface area contributed by atoms with E-state index in [1.54, 1.807) is 47.4 Å². The number of carbonyl (C=O) groups excluding carboxylic acids is 3. The highest BCUT2D eigenvalue weighted by atomic mass is 32.2. The standard InChI is InChI=1S/C23H21FN2O5S/c24-18-5-1-17(2-6-18)14-26-22(28)20(32-23(26)29)13-16-3-7-19(8-4-16)31-15-21(27)25-9-11-30-12-10-25/h1-8,13H,9-12,14-15H2/b20-13-. The summed E-state index contributed by atoms with van der Waals surface area (Å²) in [5, 5.41) is -0.368. The summed E-state index contributed by atoms with van der Waals surface area (Å²) in [4.78, 5) is 40.2. The highest BCUT2D eigenvalue weighted by Gasteiger charge is 2.34. The van der Waals surface area contributed by atoms with Crippen LogP contribution in [0.15, 0.2) is 53.4 Å². The summed E-state index contributed by atoms with van der Waals surface area (Å²) in [6.07, 6.45) is 1.64. The van der Waals surface area contributed by atoms with Crippen LogP contribution in [0.1, 0.15) is 11.1 Å². The van der Waals surface area contributed by atoms with Crippen molar-refractivity contribution in [2.45, 2.75) is 6.54 Å². The molecule has 2 aliphatic heterocycles. The topological polar surface area (TPSA) is 76.2 Å². The highest BCUT2D eigenvalue weighted by Crippen LogP contribution is 2.33. The maximum absolute atomic E-state index is 13.1. The number of rotatable bonds is 6. The lowest BCUT2D eigenvalue weighted by Crippen LogP contribution is -2.42. The first-order valence-electron chi connectivity index (χ1n) is 10.1. The Kier molecular flexibility index (Phi) is 6.87. The maximum atomic E-state index is 13.1. The molecule has 0 aromatic heterocycles. The Morgan fingerprint density at radius 1 is 1.06 bits per heavy atom. The van der Waals surface area contributed by atoms with E-state index in [0.717, 1.165) is 22.2 Å². The van der Waals surface area contributed by atoms with E-state index in [1.165, 1.54) is 12.1 Å². The number of benzene rings is 2. The van der Waals surface area contributed by atoms with Gasteiger partial charge in [-0.25, -0.2) is 4.39 Å². The van der Waals surface area contributed by atoms with E-state index >= 15 is 0 Å². The summed E-state index contributed by atoms with van der Waals surface area (Å²) in [6.45, 7) is 2.24. The summed E-state index contributed by atoms with van der Waals surface area (Å²) < 4.78 is 23.9. The molecule has 4 rings (SSSR count). The first kappa shape index (κ1) is 22.0. The minimum Gasteiger partial charge on any atom is -0.484 e. The predicted molar refractivity (Wildman–Crippen MR) is 117 cm³/mol. The van der Waals surface area contributed by atoms with Gasteiger partial charge in [-0.1, -0.05) is 24.3 Å². The molecule has 166 valence electrons. The number of hydrogen-bond acceptors (Lipinski definition) is 6. The third-order valence-corrected chi connectivity index (χ3v) is 5.94. The molecule has 9 heteroatoms. The van der Waals surface area contributed by atoms with E-state index in [1.807, 2.05) is 0 Å². The van der Waals surface area contributed by atoms with Crippen LogP contribution in [0.3, 0.4) is 0 Å². The maximum Gasteiger partial charge on any atom is 0.293 e. The quantitative estimate of drug-likeness (QED) is 0.621. The van der Waals surface area contributed by atoms with Crippen molar-refractivity contribution >= 4 is 34.9 Å². The molecule has 2 fully saturated rings. The Morgan fingerprint density at radius 3 is 2.44 bits per heavy atom. The van der Waals surface area contributed by atoms with Crippen LogP contribution in [0.5, 0.6) is 5.75 Å². The van der Waals surface area contributed by atoms with Crippen LogP contribution >= 0.6 is 11.8 Å². The fourth-order valence-corrected chi connectivity index (χ4v) is 4.11. The Balaban J connectivity index is 1.35. The van der Waals surface area contributed by atoms with E-state index in [0.29, 0.717) is 42.5 Å². The average Bonchev–Trinajstić information content (AvgIpc) is 3.07. The van der Waals surface area contributed by atoms with Crippen LogP contribution in [0.25, 0.3) is 6.08 Å². The summed E-state index contributed by atoms with van der Waals surface area (Å²) in [5.74, 6) is -0.318. The number of ether oxygens (including phenoxy) is 2. The highest BCUT2D eigenvalue weighted by molar-refractivity contribution is 8.18. The van der Waals surface area contributed by atoms with Gasteiger partial charge < -0.3 is 14.4 Å². The van der Waals surface area contributed by atoms with Crippen LogP contribution in [0.2, 0.25) is 0 Å². The number of halogens is 1. The lowest BCUT2D eigenvalue weighted by atomic mass is 10.2. The Morgan fingerprint density at radius 2 is 1.75 bits per heavy atom. The molecule has 3 amide bonds. The van der Waals surface area contributed by atoms with Gasteiger partial charge in [0.1, 0.15) is 11.6 Å². The number of morpholine rings is 1. The van der Waals surface area contributed by atoms with E-state index in [9.17, 15) is 18.8 Å².